The second kappa shape index (κ2) is 6.04. The number of carbonyl (C=O) groups excluding carboxylic acids is 1. The van der Waals surface area contributed by atoms with Gasteiger partial charge < -0.3 is 9.14 Å². The number of carbonyl (C=O) groups is 1. The van der Waals surface area contributed by atoms with Crippen molar-refractivity contribution < 1.29 is 9.53 Å². The summed E-state index contributed by atoms with van der Waals surface area (Å²) in [6, 6.07) is 11.5. The quantitative estimate of drug-likeness (QED) is 0.550. The minimum atomic E-state index is -0.395. The van der Waals surface area contributed by atoms with Crippen LogP contribution in [0.5, 0.6) is 0 Å². The number of hydrogen-bond donors (Lipinski definition) is 0. The lowest BCUT2D eigenvalue weighted by Gasteiger charge is -2.05. The van der Waals surface area contributed by atoms with Gasteiger partial charge in [-0.25, -0.2) is 9.78 Å². The molecule has 0 atom stereocenters. The van der Waals surface area contributed by atoms with E-state index in [1.165, 1.54) is 7.11 Å². The zero-order chi connectivity index (χ0) is 16.4. The molecule has 0 bridgehead atoms. The molecule has 0 fully saturated rings. The van der Waals surface area contributed by atoms with E-state index < -0.39 is 5.97 Å². The van der Waals surface area contributed by atoms with Crippen molar-refractivity contribution in [1.82, 2.24) is 9.38 Å². The number of nitrogens with zero attached hydrogens (tertiary/aromatic N) is 3. The van der Waals surface area contributed by atoms with E-state index in [9.17, 15) is 4.79 Å². The molecule has 0 aliphatic rings. The Morgan fingerprint density at radius 1 is 1.26 bits per heavy atom. The first kappa shape index (κ1) is 15.0. The van der Waals surface area contributed by atoms with Crippen molar-refractivity contribution in [2.45, 2.75) is 13.8 Å². The number of aromatic nitrogens is 2. The van der Waals surface area contributed by atoms with Gasteiger partial charge in [-0.15, -0.1) is 0 Å². The highest BCUT2D eigenvalue weighted by atomic mass is 16.5. The van der Waals surface area contributed by atoms with E-state index in [0.717, 1.165) is 22.6 Å². The van der Waals surface area contributed by atoms with Gasteiger partial charge in [0.25, 0.3) is 0 Å². The Morgan fingerprint density at radius 3 is 2.70 bits per heavy atom. The van der Waals surface area contributed by atoms with Gasteiger partial charge in [0.05, 0.1) is 18.4 Å². The number of hydrogen-bond acceptors (Lipinski definition) is 4. The molecule has 0 amide bonds. The molecule has 5 nitrogen and oxygen atoms in total. The number of fused-ring (bicyclic) bond motifs is 1. The number of aliphatic imine (C=N–C) groups is 1. The zero-order valence-corrected chi connectivity index (χ0v) is 13.3. The molecule has 3 rings (SSSR count). The Hall–Kier alpha value is -2.95. The zero-order valence-electron chi connectivity index (χ0n) is 13.3. The van der Waals surface area contributed by atoms with E-state index in [1.54, 1.807) is 18.5 Å². The molecule has 0 saturated carbocycles. The molecule has 116 valence electrons. The van der Waals surface area contributed by atoms with Gasteiger partial charge in [-0.05, 0) is 25.5 Å². The highest BCUT2D eigenvalue weighted by Gasteiger charge is 2.14. The molecule has 3 aromatic rings. The number of aryl methyl sites for hydroxylation is 2. The number of benzene rings is 1. The molecular formula is C18H17N3O2. The lowest BCUT2D eigenvalue weighted by molar-refractivity contribution is 0.0600. The summed E-state index contributed by atoms with van der Waals surface area (Å²) in [7, 11) is 1.37. The van der Waals surface area contributed by atoms with Crippen molar-refractivity contribution in [3.05, 3.63) is 65.1 Å². The van der Waals surface area contributed by atoms with Crippen LogP contribution in [0.15, 0.2) is 47.6 Å². The SMILES string of the molecule is COC(=O)c1cc(/N=C/c2ccccc2)c2nc(C)c(C)n2c1. The van der Waals surface area contributed by atoms with Crippen molar-refractivity contribution in [2.75, 3.05) is 7.11 Å². The number of rotatable bonds is 3. The van der Waals surface area contributed by atoms with E-state index in [0.29, 0.717) is 11.3 Å². The molecule has 5 heteroatoms. The Bertz CT molecular complexity index is 896. The van der Waals surface area contributed by atoms with Gasteiger partial charge in [0.1, 0.15) is 5.69 Å². The van der Waals surface area contributed by atoms with Crippen molar-refractivity contribution in [1.29, 1.82) is 0 Å². The van der Waals surface area contributed by atoms with Crippen molar-refractivity contribution in [3.8, 4) is 0 Å². The third-order valence-corrected chi connectivity index (χ3v) is 3.75. The summed E-state index contributed by atoms with van der Waals surface area (Å²) < 4.78 is 6.70. The van der Waals surface area contributed by atoms with Crippen LogP contribution in [0.3, 0.4) is 0 Å². The topological polar surface area (TPSA) is 56.0 Å². The van der Waals surface area contributed by atoms with Crippen molar-refractivity contribution >= 4 is 23.5 Å². The molecular weight excluding hydrogens is 290 g/mol. The summed E-state index contributed by atoms with van der Waals surface area (Å²) in [4.78, 5) is 21.0. The van der Waals surface area contributed by atoms with Crippen LogP contribution < -0.4 is 0 Å². The predicted molar refractivity (Wildman–Crippen MR) is 89.7 cm³/mol. The summed E-state index contributed by atoms with van der Waals surface area (Å²) in [5, 5.41) is 0. The van der Waals surface area contributed by atoms with E-state index >= 15 is 0 Å². The molecule has 0 aliphatic carbocycles. The van der Waals surface area contributed by atoms with E-state index in [2.05, 4.69) is 9.98 Å². The van der Waals surface area contributed by atoms with Crippen LogP contribution in [0.1, 0.15) is 27.3 Å². The standard InChI is InChI=1S/C18H17N3O2/c1-12-13(2)21-11-15(18(22)23-3)9-16(17(21)20-12)19-10-14-7-5-4-6-8-14/h4-11H,1-3H3/b19-10+. The largest absolute Gasteiger partial charge is 0.465 e. The third-order valence-electron chi connectivity index (χ3n) is 3.75. The predicted octanol–water partition coefficient (Wildman–Crippen LogP) is 3.49. The molecule has 0 unspecified atom stereocenters. The fourth-order valence-electron chi connectivity index (χ4n) is 2.36. The molecule has 0 N–H and O–H groups in total. The molecule has 0 radical (unpaired) electrons. The van der Waals surface area contributed by atoms with Crippen LogP contribution in [-0.2, 0) is 4.74 Å². The summed E-state index contributed by atoms with van der Waals surface area (Å²) in [5.41, 5.74) is 4.66. The summed E-state index contributed by atoms with van der Waals surface area (Å²) >= 11 is 0. The van der Waals surface area contributed by atoms with Crippen LogP contribution in [-0.4, -0.2) is 28.7 Å². The maximum Gasteiger partial charge on any atom is 0.339 e. The van der Waals surface area contributed by atoms with E-state index in [4.69, 9.17) is 4.74 Å². The Balaban J connectivity index is 2.16. The minimum Gasteiger partial charge on any atom is -0.465 e. The first-order chi connectivity index (χ1) is 11.1. The Labute approximate surface area is 134 Å². The smallest absolute Gasteiger partial charge is 0.339 e. The molecule has 0 aliphatic heterocycles. The fourth-order valence-corrected chi connectivity index (χ4v) is 2.36. The Morgan fingerprint density at radius 2 is 2.00 bits per heavy atom. The van der Waals surface area contributed by atoms with Gasteiger partial charge in [0, 0.05) is 18.1 Å². The molecule has 2 aromatic heterocycles. The summed E-state index contributed by atoms with van der Waals surface area (Å²) in [6.45, 7) is 3.89. The van der Waals surface area contributed by atoms with Gasteiger partial charge in [0.2, 0.25) is 0 Å². The molecule has 0 spiro atoms. The van der Waals surface area contributed by atoms with Gasteiger partial charge in [-0.3, -0.25) is 4.99 Å². The number of ether oxygens (including phenoxy) is 1. The Kier molecular flexibility index (Phi) is 3.93. The summed E-state index contributed by atoms with van der Waals surface area (Å²) in [6.07, 6.45) is 3.49. The average Bonchev–Trinajstić information content (AvgIpc) is 2.88. The monoisotopic (exact) mass is 307 g/mol. The van der Waals surface area contributed by atoms with Crippen LogP contribution in [0.4, 0.5) is 5.69 Å². The van der Waals surface area contributed by atoms with Gasteiger partial charge in [-0.1, -0.05) is 30.3 Å². The third kappa shape index (κ3) is 2.85. The molecule has 2 heterocycles. The fraction of sp³-hybridized carbons (Fsp3) is 0.167. The first-order valence-electron chi connectivity index (χ1n) is 7.27. The van der Waals surface area contributed by atoms with Crippen LogP contribution in [0, 0.1) is 13.8 Å². The highest BCUT2D eigenvalue weighted by molar-refractivity contribution is 5.92. The second-order valence-corrected chi connectivity index (χ2v) is 5.25. The minimum absolute atomic E-state index is 0.395. The van der Waals surface area contributed by atoms with Crippen LogP contribution >= 0.6 is 0 Å². The number of pyridine rings is 1. The number of methoxy groups -OCH3 is 1. The molecule has 1 aromatic carbocycles. The van der Waals surface area contributed by atoms with Crippen LogP contribution in [0.25, 0.3) is 5.65 Å². The lowest BCUT2D eigenvalue weighted by Crippen LogP contribution is -2.03. The molecule has 23 heavy (non-hydrogen) atoms. The van der Waals surface area contributed by atoms with E-state index in [-0.39, 0.29) is 0 Å². The van der Waals surface area contributed by atoms with E-state index in [1.807, 2.05) is 48.6 Å². The highest BCUT2D eigenvalue weighted by Crippen LogP contribution is 2.24. The normalized spacial score (nSPS) is 11.3. The van der Waals surface area contributed by atoms with Crippen molar-refractivity contribution in [2.24, 2.45) is 4.99 Å². The van der Waals surface area contributed by atoms with Crippen LogP contribution in [0.2, 0.25) is 0 Å². The number of esters is 1. The summed E-state index contributed by atoms with van der Waals surface area (Å²) in [5.74, 6) is -0.395. The second-order valence-electron chi connectivity index (χ2n) is 5.25. The van der Waals surface area contributed by atoms with Gasteiger partial charge >= 0.3 is 5.97 Å². The molecule has 0 saturated heterocycles. The first-order valence-corrected chi connectivity index (χ1v) is 7.27. The maximum absolute atomic E-state index is 11.9. The van der Waals surface area contributed by atoms with Gasteiger partial charge in [0.15, 0.2) is 5.65 Å². The lowest BCUT2D eigenvalue weighted by atomic mass is 10.2. The van der Waals surface area contributed by atoms with Crippen molar-refractivity contribution in [3.63, 3.8) is 0 Å². The average molecular weight is 307 g/mol. The maximum atomic E-state index is 11.9. The van der Waals surface area contributed by atoms with Gasteiger partial charge in [-0.2, -0.15) is 0 Å². The number of imidazole rings is 1.